The highest BCUT2D eigenvalue weighted by molar-refractivity contribution is 7.89. The van der Waals surface area contributed by atoms with Crippen LogP contribution in [0.2, 0.25) is 0 Å². The van der Waals surface area contributed by atoms with Crippen molar-refractivity contribution in [1.29, 1.82) is 5.26 Å². The third-order valence-electron chi connectivity index (χ3n) is 5.67. The van der Waals surface area contributed by atoms with Crippen LogP contribution in [0.3, 0.4) is 0 Å². The van der Waals surface area contributed by atoms with Gasteiger partial charge in [-0.25, -0.2) is 21.9 Å². The Bertz CT molecular complexity index is 1110. The van der Waals surface area contributed by atoms with Gasteiger partial charge in [0, 0.05) is 37.7 Å². The van der Waals surface area contributed by atoms with Gasteiger partial charge in [0.05, 0.1) is 0 Å². The highest BCUT2D eigenvalue weighted by atomic mass is 32.2. The first-order valence-electron chi connectivity index (χ1n) is 10.3. The van der Waals surface area contributed by atoms with Crippen LogP contribution in [-0.4, -0.2) is 45.5 Å². The lowest BCUT2D eigenvalue weighted by atomic mass is 9.73. The first-order valence-corrected chi connectivity index (χ1v) is 11.7. The van der Waals surface area contributed by atoms with Crippen molar-refractivity contribution in [3.63, 3.8) is 0 Å². The fourth-order valence-corrected chi connectivity index (χ4v) is 5.11. The zero-order valence-electron chi connectivity index (χ0n) is 17.7. The lowest BCUT2D eigenvalue weighted by Crippen LogP contribution is -2.52. The lowest BCUT2D eigenvalue weighted by Gasteiger charge is -2.43. The van der Waals surface area contributed by atoms with Crippen LogP contribution in [0.1, 0.15) is 25.3 Å². The number of nitrogens with zero attached hydrogens (tertiary/aromatic N) is 3. The van der Waals surface area contributed by atoms with E-state index in [9.17, 15) is 17.2 Å². The molecule has 1 aliphatic rings. The zero-order chi connectivity index (χ0) is 23.2. The molecular formula is C22H25F2N5O2S. The number of hydrogen-bond acceptors (Lipinski definition) is 4. The van der Waals surface area contributed by atoms with Gasteiger partial charge in [0.2, 0.25) is 16.0 Å². The molecule has 3 rings (SSSR count). The Morgan fingerprint density at radius 2 is 1.88 bits per heavy atom. The van der Waals surface area contributed by atoms with Gasteiger partial charge in [0.15, 0.2) is 6.19 Å². The van der Waals surface area contributed by atoms with Crippen molar-refractivity contribution >= 4 is 16.0 Å². The number of sulfonamides is 1. The van der Waals surface area contributed by atoms with Gasteiger partial charge in [-0.3, -0.25) is 10.3 Å². The summed E-state index contributed by atoms with van der Waals surface area (Å²) in [4.78, 5) is 5.70. The maximum absolute atomic E-state index is 14.1. The third kappa shape index (κ3) is 5.23. The maximum atomic E-state index is 14.1. The maximum Gasteiger partial charge on any atom is 0.243 e. The lowest BCUT2D eigenvalue weighted by molar-refractivity contribution is 0.222. The van der Waals surface area contributed by atoms with E-state index in [1.165, 1.54) is 0 Å². The number of nitriles is 1. The van der Waals surface area contributed by atoms with Crippen LogP contribution < -0.4 is 10.0 Å². The monoisotopic (exact) mass is 461 g/mol. The number of likely N-dealkylation sites (tertiary alicyclic amines) is 1. The average Bonchev–Trinajstić information content (AvgIpc) is 2.78. The first kappa shape index (κ1) is 23.6. The molecule has 32 heavy (non-hydrogen) atoms. The average molecular weight is 462 g/mol. The summed E-state index contributed by atoms with van der Waals surface area (Å²) in [7, 11) is -4.18. The molecular weight excluding hydrogens is 436 g/mol. The summed E-state index contributed by atoms with van der Waals surface area (Å²) in [5, 5.41) is 11.6. The van der Waals surface area contributed by atoms with Crippen LogP contribution >= 0.6 is 0 Å². The molecule has 0 aliphatic carbocycles. The second-order valence-corrected chi connectivity index (χ2v) is 9.30. The number of rotatable bonds is 6. The molecule has 1 aliphatic heterocycles. The van der Waals surface area contributed by atoms with Crippen LogP contribution in [-0.2, 0) is 15.4 Å². The fourth-order valence-electron chi connectivity index (χ4n) is 3.93. The molecule has 0 unspecified atom stereocenters. The van der Waals surface area contributed by atoms with Crippen LogP contribution in [0.5, 0.6) is 0 Å². The Labute approximate surface area is 186 Å². The molecule has 0 atom stereocenters. The SMILES string of the molecule is CCN=C(NC#N)N1CCC(CNS(=O)(=O)c2ccc(F)cc2F)(c2ccccc2)CC1. The van der Waals surface area contributed by atoms with Crippen LogP contribution in [0, 0.1) is 23.1 Å². The molecule has 1 heterocycles. The molecule has 0 radical (unpaired) electrons. The molecule has 0 amide bonds. The molecule has 2 N–H and O–H groups in total. The molecule has 1 saturated heterocycles. The Kier molecular flexibility index (Phi) is 7.43. The van der Waals surface area contributed by atoms with Crippen molar-refractivity contribution in [1.82, 2.24) is 14.9 Å². The summed E-state index contributed by atoms with van der Waals surface area (Å²) >= 11 is 0. The number of guanidine groups is 1. The molecule has 2 aromatic carbocycles. The van der Waals surface area contributed by atoms with E-state index in [0.29, 0.717) is 44.5 Å². The zero-order valence-corrected chi connectivity index (χ0v) is 18.5. The van der Waals surface area contributed by atoms with Crippen molar-refractivity contribution < 1.29 is 17.2 Å². The predicted octanol–water partition coefficient (Wildman–Crippen LogP) is 2.72. The number of aliphatic imine (C=N–C) groups is 1. The fraction of sp³-hybridized carbons (Fsp3) is 0.364. The molecule has 10 heteroatoms. The van der Waals surface area contributed by atoms with Crippen molar-refractivity contribution in [3.8, 4) is 6.19 Å². The van der Waals surface area contributed by atoms with Crippen molar-refractivity contribution in [2.75, 3.05) is 26.2 Å². The topological polar surface area (TPSA) is 97.6 Å². The highest BCUT2D eigenvalue weighted by Gasteiger charge is 2.38. The number of piperidine rings is 1. The van der Waals surface area contributed by atoms with E-state index in [4.69, 9.17) is 5.26 Å². The van der Waals surface area contributed by atoms with Gasteiger partial charge in [-0.1, -0.05) is 30.3 Å². The van der Waals surface area contributed by atoms with Crippen LogP contribution in [0.15, 0.2) is 58.4 Å². The largest absolute Gasteiger partial charge is 0.342 e. The van der Waals surface area contributed by atoms with Crippen molar-refractivity contribution in [2.45, 2.75) is 30.1 Å². The van der Waals surface area contributed by atoms with Crippen molar-refractivity contribution in [3.05, 3.63) is 65.7 Å². The van der Waals surface area contributed by atoms with E-state index in [1.807, 2.05) is 48.3 Å². The molecule has 170 valence electrons. The minimum atomic E-state index is -4.18. The number of hydrogen-bond donors (Lipinski definition) is 2. The Balaban J connectivity index is 1.84. The van der Waals surface area contributed by atoms with Gasteiger partial charge in [0.25, 0.3) is 0 Å². The van der Waals surface area contributed by atoms with E-state index in [2.05, 4.69) is 15.0 Å². The quantitative estimate of drug-likeness (QED) is 0.298. The Hall–Kier alpha value is -3.03. The summed E-state index contributed by atoms with van der Waals surface area (Å²) < 4.78 is 55.4. The number of benzene rings is 2. The van der Waals surface area contributed by atoms with E-state index in [0.717, 1.165) is 17.7 Å². The Morgan fingerprint density at radius 3 is 2.47 bits per heavy atom. The minimum Gasteiger partial charge on any atom is -0.342 e. The second kappa shape index (κ2) is 10.1. The molecule has 0 spiro atoms. The van der Waals surface area contributed by atoms with Crippen LogP contribution in [0.4, 0.5) is 8.78 Å². The number of halogens is 2. The smallest absolute Gasteiger partial charge is 0.243 e. The molecule has 0 saturated carbocycles. The van der Waals surface area contributed by atoms with E-state index >= 15 is 0 Å². The predicted molar refractivity (Wildman–Crippen MR) is 117 cm³/mol. The van der Waals surface area contributed by atoms with Gasteiger partial charge >= 0.3 is 0 Å². The molecule has 0 aromatic heterocycles. The summed E-state index contributed by atoms with van der Waals surface area (Å²) in [5.74, 6) is -1.49. The normalized spacial score (nSPS) is 16.4. The van der Waals surface area contributed by atoms with Gasteiger partial charge in [-0.05, 0) is 37.5 Å². The summed E-state index contributed by atoms with van der Waals surface area (Å²) in [6, 6.07) is 11.9. The highest BCUT2D eigenvalue weighted by Crippen LogP contribution is 2.35. The molecule has 2 aromatic rings. The Morgan fingerprint density at radius 1 is 1.19 bits per heavy atom. The summed E-state index contributed by atoms with van der Waals surface area (Å²) in [6.45, 7) is 3.55. The molecule has 7 nitrogen and oxygen atoms in total. The van der Waals surface area contributed by atoms with E-state index in [-0.39, 0.29) is 6.54 Å². The second-order valence-electron chi connectivity index (χ2n) is 7.57. The van der Waals surface area contributed by atoms with Gasteiger partial charge in [-0.15, -0.1) is 0 Å². The summed E-state index contributed by atoms with van der Waals surface area (Å²) in [5.41, 5.74) is 0.426. The van der Waals surface area contributed by atoms with E-state index in [1.54, 1.807) is 0 Å². The van der Waals surface area contributed by atoms with Crippen LogP contribution in [0.25, 0.3) is 0 Å². The molecule has 0 bridgehead atoms. The first-order chi connectivity index (χ1) is 15.3. The van der Waals surface area contributed by atoms with E-state index < -0.39 is 32.0 Å². The number of nitrogens with one attached hydrogen (secondary N) is 2. The third-order valence-corrected chi connectivity index (χ3v) is 7.10. The standard InChI is InChI=1S/C22H25F2N5O2S/c1-2-26-21(27-16-25)29-12-10-22(11-13-29,17-6-4-3-5-7-17)15-28-32(30,31)20-9-8-18(23)14-19(20)24/h3-9,14,28H,2,10-13,15H2,1H3,(H,26,27). The summed E-state index contributed by atoms with van der Waals surface area (Å²) in [6.07, 6.45) is 3.07. The van der Waals surface area contributed by atoms with Gasteiger partial charge < -0.3 is 4.90 Å². The minimum absolute atomic E-state index is 0.0515. The van der Waals surface area contributed by atoms with Gasteiger partial charge in [-0.2, -0.15) is 5.26 Å². The van der Waals surface area contributed by atoms with Crippen molar-refractivity contribution in [2.24, 2.45) is 4.99 Å². The molecule has 1 fully saturated rings. The van der Waals surface area contributed by atoms with Gasteiger partial charge in [0.1, 0.15) is 16.5 Å².